The molecule has 1 aromatic carbocycles. The molecule has 13 heavy (non-hydrogen) atoms. The Bertz CT molecular complexity index is 321. The van der Waals surface area contributed by atoms with Gasteiger partial charge in [-0.15, -0.1) is 0 Å². The highest BCUT2D eigenvalue weighted by Crippen LogP contribution is 2.24. The molecule has 0 aliphatic rings. The minimum Gasteiger partial charge on any atom is -0.505 e. The molecule has 1 aromatic rings. The predicted octanol–water partition coefficient (Wildman–Crippen LogP) is 1.97. The molecule has 70 valence electrons. The predicted molar refractivity (Wildman–Crippen MR) is 47.2 cm³/mol. The quantitative estimate of drug-likeness (QED) is 0.725. The zero-order valence-electron chi connectivity index (χ0n) is 7.38. The Balaban J connectivity index is 2.96. The molecule has 0 aliphatic carbocycles. The zero-order chi connectivity index (χ0) is 9.84. The fraction of sp³-hybridized carbons (Fsp3) is 0.300. The van der Waals surface area contributed by atoms with Crippen molar-refractivity contribution >= 4 is 6.29 Å². The molecule has 0 atom stereocenters. The van der Waals surface area contributed by atoms with Gasteiger partial charge in [0.1, 0.15) is 6.29 Å². The number of carbonyl (C=O) groups is 1. The monoisotopic (exact) mass is 182 g/mol. The standard InChI is InChI=1S/C10H11FO2/c1-7-4-5-8(3-2-6-12)10(13)9(7)11/h4-6,13H,2-3H2,1H3. The van der Waals surface area contributed by atoms with Crippen molar-refractivity contribution in [2.45, 2.75) is 19.8 Å². The van der Waals surface area contributed by atoms with E-state index in [1.807, 2.05) is 0 Å². The topological polar surface area (TPSA) is 37.3 Å². The van der Waals surface area contributed by atoms with Gasteiger partial charge in [0.2, 0.25) is 0 Å². The fourth-order valence-corrected chi connectivity index (χ4v) is 1.12. The van der Waals surface area contributed by atoms with E-state index in [9.17, 15) is 14.3 Å². The molecule has 0 saturated heterocycles. The van der Waals surface area contributed by atoms with E-state index in [4.69, 9.17) is 0 Å². The highest BCUT2D eigenvalue weighted by Gasteiger charge is 2.08. The normalized spacial score (nSPS) is 10.0. The van der Waals surface area contributed by atoms with Gasteiger partial charge in [-0.2, -0.15) is 0 Å². The number of hydrogen-bond acceptors (Lipinski definition) is 2. The molecule has 0 unspecified atom stereocenters. The molecule has 0 aromatic heterocycles. The summed E-state index contributed by atoms with van der Waals surface area (Å²) < 4.78 is 13.1. The number of phenolic OH excluding ortho intramolecular Hbond substituents is 1. The van der Waals surface area contributed by atoms with Crippen molar-refractivity contribution in [2.75, 3.05) is 0 Å². The summed E-state index contributed by atoms with van der Waals surface area (Å²) >= 11 is 0. The number of halogens is 1. The number of carbonyl (C=O) groups excluding carboxylic acids is 1. The highest BCUT2D eigenvalue weighted by molar-refractivity contribution is 5.51. The minimum atomic E-state index is -0.594. The molecular weight excluding hydrogens is 171 g/mol. The largest absolute Gasteiger partial charge is 0.505 e. The highest BCUT2D eigenvalue weighted by atomic mass is 19.1. The molecule has 3 heteroatoms. The first-order valence-corrected chi connectivity index (χ1v) is 4.07. The number of aryl methyl sites for hydroxylation is 2. The Labute approximate surface area is 76.0 Å². The van der Waals surface area contributed by atoms with Gasteiger partial charge < -0.3 is 9.90 Å². The van der Waals surface area contributed by atoms with Gasteiger partial charge in [0, 0.05) is 6.42 Å². The van der Waals surface area contributed by atoms with Crippen molar-refractivity contribution in [3.05, 3.63) is 29.1 Å². The first-order chi connectivity index (χ1) is 6.16. The van der Waals surface area contributed by atoms with Crippen molar-refractivity contribution in [3.63, 3.8) is 0 Å². The van der Waals surface area contributed by atoms with E-state index in [-0.39, 0.29) is 5.75 Å². The van der Waals surface area contributed by atoms with Crippen molar-refractivity contribution in [2.24, 2.45) is 0 Å². The Morgan fingerprint density at radius 2 is 2.23 bits per heavy atom. The molecule has 0 radical (unpaired) electrons. The van der Waals surface area contributed by atoms with Crippen LogP contribution in [0.4, 0.5) is 4.39 Å². The van der Waals surface area contributed by atoms with Crippen LogP contribution in [0.15, 0.2) is 12.1 Å². The van der Waals surface area contributed by atoms with E-state index in [2.05, 4.69) is 0 Å². The second kappa shape index (κ2) is 4.03. The lowest BCUT2D eigenvalue weighted by atomic mass is 10.1. The summed E-state index contributed by atoms with van der Waals surface area (Å²) in [5, 5.41) is 9.31. The summed E-state index contributed by atoms with van der Waals surface area (Å²) in [6.07, 6.45) is 1.43. The average Bonchev–Trinajstić information content (AvgIpc) is 2.13. The number of rotatable bonds is 3. The van der Waals surface area contributed by atoms with Gasteiger partial charge in [-0.05, 0) is 24.5 Å². The SMILES string of the molecule is Cc1ccc(CCC=O)c(O)c1F. The molecule has 1 rings (SSSR count). The Morgan fingerprint density at radius 3 is 2.85 bits per heavy atom. The Kier molecular flexibility index (Phi) is 3.01. The number of aromatic hydroxyl groups is 1. The van der Waals surface area contributed by atoms with Crippen molar-refractivity contribution in [3.8, 4) is 5.75 Å². The van der Waals surface area contributed by atoms with Crippen molar-refractivity contribution < 1.29 is 14.3 Å². The molecule has 2 nitrogen and oxygen atoms in total. The fourth-order valence-electron chi connectivity index (χ4n) is 1.12. The molecular formula is C10H11FO2. The first kappa shape index (κ1) is 9.71. The maximum absolute atomic E-state index is 13.1. The summed E-state index contributed by atoms with van der Waals surface area (Å²) in [5.74, 6) is -0.926. The second-order valence-electron chi connectivity index (χ2n) is 2.91. The van der Waals surface area contributed by atoms with E-state index < -0.39 is 5.82 Å². The third-order valence-electron chi connectivity index (χ3n) is 1.92. The van der Waals surface area contributed by atoms with Crippen LogP contribution in [-0.2, 0) is 11.2 Å². The van der Waals surface area contributed by atoms with Crippen LogP contribution in [0.5, 0.6) is 5.75 Å². The summed E-state index contributed by atoms with van der Waals surface area (Å²) in [4.78, 5) is 10.1. The second-order valence-corrected chi connectivity index (χ2v) is 2.91. The van der Waals surface area contributed by atoms with E-state index in [0.717, 1.165) is 6.29 Å². The van der Waals surface area contributed by atoms with E-state index >= 15 is 0 Å². The van der Waals surface area contributed by atoms with Crippen LogP contribution < -0.4 is 0 Å². The van der Waals surface area contributed by atoms with Crippen molar-refractivity contribution in [1.82, 2.24) is 0 Å². The van der Waals surface area contributed by atoms with Gasteiger partial charge in [-0.25, -0.2) is 4.39 Å². The molecule has 0 spiro atoms. The Hall–Kier alpha value is -1.38. The lowest BCUT2D eigenvalue weighted by Gasteiger charge is -2.05. The summed E-state index contributed by atoms with van der Waals surface area (Å²) in [6, 6.07) is 3.23. The van der Waals surface area contributed by atoms with E-state index in [1.165, 1.54) is 0 Å². The third-order valence-corrected chi connectivity index (χ3v) is 1.92. The van der Waals surface area contributed by atoms with Crippen molar-refractivity contribution in [1.29, 1.82) is 0 Å². The maximum atomic E-state index is 13.1. The number of aldehydes is 1. The summed E-state index contributed by atoms with van der Waals surface area (Å²) in [6.45, 7) is 1.58. The summed E-state index contributed by atoms with van der Waals surface area (Å²) in [7, 11) is 0. The molecule has 0 saturated carbocycles. The number of benzene rings is 1. The van der Waals surface area contributed by atoms with E-state index in [0.29, 0.717) is 24.0 Å². The minimum absolute atomic E-state index is 0.302. The van der Waals surface area contributed by atoms with Crippen LogP contribution in [0.1, 0.15) is 17.5 Å². The van der Waals surface area contributed by atoms with Crippen LogP contribution in [0.2, 0.25) is 0 Å². The van der Waals surface area contributed by atoms with Gasteiger partial charge in [0.25, 0.3) is 0 Å². The number of hydrogen-bond donors (Lipinski definition) is 1. The van der Waals surface area contributed by atoms with Gasteiger partial charge in [-0.1, -0.05) is 12.1 Å². The van der Waals surface area contributed by atoms with E-state index in [1.54, 1.807) is 19.1 Å². The Morgan fingerprint density at radius 1 is 1.54 bits per heavy atom. The molecule has 0 bridgehead atoms. The first-order valence-electron chi connectivity index (χ1n) is 4.07. The van der Waals surface area contributed by atoms with Crippen LogP contribution >= 0.6 is 0 Å². The van der Waals surface area contributed by atoms with Crippen LogP contribution in [0.3, 0.4) is 0 Å². The van der Waals surface area contributed by atoms with Crippen LogP contribution in [-0.4, -0.2) is 11.4 Å². The van der Waals surface area contributed by atoms with Crippen LogP contribution in [0.25, 0.3) is 0 Å². The molecule has 0 fully saturated rings. The van der Waals surface area contributed by atoms with Gasteiger partial charge >= 0.3 is 0 Å². The number of phenols is 1. The average molecular weight is 182 g/mol. The molecule has 1 N–H and O–H groups in total. The summed E-state index contributed by atoms with van der Waals surface area (Å²) in [5.41, 5.74) is 0.891. The molecule has 0 aliphatic heterocycles. The third kappa shape index (κ3) is 2.05. The maximum Gasteiger partial charge on any atom is 0.167 e. The molecule has 0 heterocycles. The van der Waals surface area contributed by atoms with Gasteiger partial charge in [-0.3, -0.25) is 0 Å². The van der Waals surface area contributed by atoms with Crippen LogP contribution in [0, 0.1) is 12.7 Å². The zero-order valence-corrected chi connectivity index (χ0v) is 7.38. The lowest BCUT2D eigenvalue weighted by Crippen LogP contribution is -1.91. The molecule has 0 amide bonds. The lowest BCUT2D eigenvalue weighted by molar-refractivity contribution is -0.107. The smallest absolute Gasteiger partial charge is 0.167 e. The van der Waals surface area contributed by atoms with Gasteiger partial charge in [0.05, 0.1) is 0 Å². The van der Waals surface area contributed by atoms with Gasteiger partial charge in [0.15, 0.2) is 11.6 Å².